The van der Waals surface area contributed by atoms with Crippen LogP contribution in [-0.2, 0) is 14.4 Å². The second-order valence-electron chi connectivity index (χ2n) is 10.8. The van der Waals surface area contributed by atoms with Crippen molar-refractivity contribution in [2.45, 2.75) is 41.9 Å². The van der Waals surface area contributed by atoms with Crippen LogP contribution in [0.1, 0.15) is 42.0 Å². The highest BCUT2D eigenvalue weighted by molar-refractivity contribution is 8.00. The first-order chi connectivity index (χ1) is 17.8. The average Bonchev–Trinajstić information content (AvgIpc) is 3.62. The van der Waals surface area contributed by atoms with E-state index in [0.717, 1.165) is 41.1 Å². The van der Waals surface area contributed by atoms with Gasteiger partial charge in [-0.3, -0.25) is 24.1 Å². The summed E-state index contributed by atoms with van der Waals surface area (Å²) in [6.07, 6.45) is 3.82. The quantitative estimate of drug-likeness (QED) is 0.551. The van der Waals surface area contributed by atoms with Crippen LogP contribution in [0.3, 0.4) is 0 Å². The number of amides is 3. The van der Waals surface area contributed by atoms with E-state index in [9.17, 15) is 19.2 Å². The minimum Gasteiger partial charge on any atom is -0.341 e. The molecule has 2 saturated heterocycles. The molecule has 4 fully saturated rings. The Bertz CT molecular complexity index is 1390. The number of hydrogen-bond donors (Lipinski definition) is 1. The van der Waals surface area contributed by atoms with Crippen LogP contribution in [0.5, 0.6) is 0 Å². The van der Waals surface area contributed by atoms with Gasteiger partial charge in [-0.15, -0.1) is 11.8 Å². The predicted octanol–water partition coefficient (Wildman–Crippen LogP) is 4.23. The standard InChI is InChI=1S/C26H25Cl2N3O4S2/c27-14-6-4-5-11(20(14)28)16-17-12-9-13(21(17)36-23-22(16)37-26(35)29-23)19-18(12)24(33)31(25(19)34)10-15(32)30-7-2-1-3-8-30/h4-6,12-13,16-19,21H,1-3,7-10H2,(H,29,35)/t12?,13?,16-,17?,18?,19?,21?/m1/s1. The summed E-state index contributed by atoms with van der Waals surface area (Å²) in [4.78, 5) is 59.5. The van der Waals surface area contributed by atoms with E-state index < -0.39 is 11.8 Å². The van der Waals surface area contributed by atoms with Crippen molar-refractivity contribution in [3.63, 3.8) is 0 Å². The highest BCUT2D eigenvalue weighted by Crippen LogP contribution is 2.68. The van der Waals surface area contributed by atoms with Gasteiger partial charge in [-0.2, -0.15) is 0 Å². The fraction of sp³-hybridized carbons (Fsp3) is 0.538. The summed E-state index contributed by atoms with van der Waals surface area (Å²) in [5.41, 5.74) is 0.860. The lowest BCUT2D eigenvalue weighted by Gasteiger charge is -2.43. The zero-order chi connectivity index (χ0) is 25.6. The SMILES string of the molecule is O=C(CN1C(=O)C2C3CC(C2C1=O)C1C3Sc2[nH]c(=O)sc2[C@@H]1c1cccc(Cl)c1Cl)N1CCCCC1. The number of thioether (sulfide) groups is 1. The van der Waals surface area contributed by atoms with Crippen molar-refractivity contribution in [2.24, 2.45) is 29.6 Å². The number of halogens is 2. The summed E-state index contributed by atoms with van der Waals surface area (Å²) in [5.74, 6) is -1.52. The summed E-state index contributed by atoms with van der Waals surface area (Å²) < 4.78 is 0. The molecule has 194 valence electrons. The minimum absolute atomic E-state index is 0.00792. The third-order valence-electron chi connectivity index (χ3n) is 9.13. The first kappa shape index (κ1) is 24.2. The second-order valence-corrected chi connectivity index (χ2v) is 13.8. The van der Waals surface area contributed by atoms with Gasteiger partial charge in [0.25, 0.3) is 0 Å². The molecule has 0 spiro atoms. The van der Waals surface area contributed by atoms with Gasteiger partial charge in [0.1, 0.15) is 6.54 Å². The fourth-order valence-corrected chi connectivity index (χ4v) is 11.0. The van der Waals surface area contributed by atoms with E-state index in [1.807, 2.05) is 12.1 Å². The van der Waals surface area contributed by atoms with Gasteiger partial charge in [0.15, 0.2) is 0 Å². The number of hydrogen-bond acceptors (Lipinski definition) is 6. The molecule has 11 heteroatoms. The zero-order valence-electron chi connectivity index (χ0n) is 19.8. The van der Waals surface area contributed by atoms with Crippen LogP contribution in [0.25, 0.3) is 0 Å². The summed E-state index contributed by atoms with van der Waals surface area (Å²) in [5, 5.41) is 1.82. The van der Waals surface area contributed by atoms with E-state index in [-0.39, 0.29) is 58.1 Å². The number of nitrogens with zero attached hydrogens (tertiary/aromatic N) is 2. The minimum atomic E-state index is -0.425. The molecule has 7 atom stereocenters. The smallest absolute Gasteiger partial charge is 0.305 e. The molecule has 0 radical (unpaired) electrons. The summed E-state index contributed by atoms with van der Waals surface area (Å²) in [6.45, 7) is 1.23. The van der Waals surface area contributed by atoms with Crippen LogP contribution >= 0.6 is 46.3 Å². The summed E-state index contributed by atoms with van der Waals surface area (Å²) in [7, 11) is 0. The molecule has 7 rings (SSSR count). The van der Waals surface area contributed by atoms with Crippen molar-refractivity contribution < 1.29 is 14.4 Å². The van der Waals surface area contributed by atoms with Crippen molar-refractivity contribution in [2.75, 3.05) is 19.6 Å². The van der Waals surface area contributed by atoms with Gasteiger partial charge in [0.05, 0.1) is 26.9 Å². The number of aromatic amines is 1. The van der Waals surface area contributed by atoms with Crippen molar-refractivity contribution in [3.05, 3.63) is 48.4 Å². The first-order valence-corrected chi connectivity index (χ1v) is 15.3. The van der Waals surface area contributed by atoms with Gasteiger partial charge in [0.2, 0.25) is 17.7 Å². The van der Waals surface area contributed by atoms with Crippen LogP contribution in [0, 0.1) is 29.6 Å². The largest absolute Gasteiger partial charge is 0.341 e. The van der Waals surface area contributed by atoms with E-state index in [1.165, 1.54) is 16.2 Å². The Labute approximate surface area is 231 Å². The number of carbonyl (C=O) groups is 3. The molecule has 4 heterocycles. The van der Waals surface area contributed by atoms with Crippen molar-refractivity contribution in [1.82, 2.24) is 14.8 Å². The van der Waals surface area contributed by atoms with Gasteiger partial charge in [-0.05, 0) is 55.1 Å². The van der Waals surface area contributed by atoms with Crippen LogP contribution in [0.4, 0.5) is 0 Å². The molecular weight excluding hydrogens is 553 g/mol. The average molecular weight is 579 g/mol. The number of piperidine rings is 1. The maximum atomic E-state index is 13.7. The number of rotatable bonds is 3. The Morgan fingerprint density at radius 1 is 1.03 bits per heavy atom. The number of nitrogens with one attached hydrogen (secondary N) is 1. The third kappa shape index (κ3) is 3.53. The zero-order valence-corrected chi connectivity index (χ0v) is 23.0. The molecule has 2 saturated carbocycles. The Hall–Kier alpha value is -1.81. The van der Waals surface area contributed by atoms with E-state index in [2.05, 4.69) is 4.98 Å². The van der Waals surface area contributed by atoms with Crippen LogP contribution in [0.2, 0.25) is 10.0 Å². The predicted molar refractivity (Wildman–Crippen MR) is 142 cm³/mol. The molecular formula is C26H25Cl2N3O4S2. The van der Waals surface area contributed by atoms with E-state index in [0.29, 0.717) is 23.1 Å². The summed E-state index contributed by atoms with van der Waals surface area (Å²) >= 11 is 15.9. The molecule has 3 aliphatic heterocycles. The molecule has 2 bridgehead atoms. The molecule has 2 aliphatic carbocycles. The molecule has 1 N–H and O–H groups in total. The van der Waals surface area contributed by atoms with Gasteiger partial charge in [-0.25, -0.2) is 0 Å². The van der Waals surface area contributed by atoms with Gasteiger partial charge in [-0.1, -0.05) is 46.7 Å². The van der Waals surface area contributed by atoms with E-state index in [1.54, 1.807) is 22.7 Å². The lowest BCUT2D eigenvalue weighted by molar-refractivity contribution is -0.147. The Balaban J connectivity index is 1.24. The highest BCUT2D eigenvalue weighted by atomic mass is 35.5. The maximum Gasteiger partial charge on any atom is 0.305 e. The molecule has 3 amide bonds. The highest BCUT2D eigenvalue weighted by Gasteiger charge is 2.69. The Kier molecular flexibility index (Phi) is 5.81. The molecule has 37 heavy (non-hydrogen) atoms. The van der Waals surface area contributed by atoms with E-state index in [4.69, 9.17) is 23.2 Å². The van der Waals surface area contributed by atoms with Crippen LogP contribution in [-0.4, -0.2) is 57.4 Å². The van der Waals surface area contributed by atoms with Crippen LogP contribution in [0.15, 0.2) is 28.0 Å². The number of aromatic nitrogens is 1. The first-order valence-electron chi connectivity index (χ1n) is 12.8. The molecule has 7 nitrogen and oxygen atoms in total. The maximum absolute atomic E-state index is 13.7. The Morgan fingerprint density at radius 2 is 1.76 bits per heavy atom. The number of fused-ring (bicyclic) bond motifs is 9. The number of likely N-dealkylation sites (tertiary alicyclic amines) is 2. The van der Waals surface area contributed by atoms with Gasteiger partial charge in [0, 0.05) is 29.1 Å². The topological polar surface area (TPSA) is 90.5 Å². The van der Waals surface area contributed by atoms with Crippen LogP contribution < -0.4 is 4.87 Å². The lowest BCUT2D eigenvalue weighted by Crippen LogP contribution is -2.45. The van der Waals surface area contributed by atoms with Crippen molar-refractivity contribution in [1.29, 1.82) is 0 Å². The van der Waals surface area contributed by atoms with Crippen molar-refractivity contribution in [3.8, 4) is 0 Å². The number of imide groups is 1. The molecule has 1 aromatic heterocycles. The summed E-state index contributed by atoms with van der Waals surface area (Å²) in [6, 6.07) is 5.56. The Morgan fingerprint density at radius 3 is 2.51 bits per heavy atom. The fourth-order valence-electron chi connectivity index (χ4n) is 7.72. The molecule has 2 aromatic rings. The molecule has 6 unspecified atom stereocenters. The van der Waals surface area contributed by atoms with Crippen molar-refractivity contribution >= 4 is 64.0 Å². The number of carbonyl (C=O) groups excluding carboxylic acids is 3. The number of thiazole rings is 1. The van der Waals surface area contributed by atoms with Gasteiger partial charge < -0.3 is 9.88 Å². The normalized spacial score (nSPS) is 34.1. The molecule has 5 aliphatic rings. The second kappa shape index (κ2) is 8.86. The van der Waals surface area contributed by atoms with E-state index >= 15 is 0 Å². The number of benzene rings is 1. The third-order valence-corrected chi connectivity index (χ3v) is 12.6. The lowest BCUT2D eigenvalue weighted by atomic mass is 9.68. The van der Waals surface area contributed by atoms with Gasteiger partial charge >= 0.3 is 4.87 Å². The number of H-pyrrole nitrogens is 1. The molecule has 1 aromatic carbocycles. The monoisotopic (exact) mass is 577 g/mol.